The zero-order valence-corrected chi connectivity index (χ0v) is 8.56. The lowest BCUT2D eigenvalue weighted by atomic mass is 10.3. The highest BCUT2D eigenvalue weighted by Gasteiger charge is 2.04. The summed E-state index contributed by atoms with van der Waals surface area (Å²) in [6.45, 7) is 1.22. The fourth-order valence-electron chi connectivity index (χ4n) is 1.15. The number of nitrogens with one attached hydrogen (secondary N) is 1. The SMILES string of the molecule is COCC(O)CNCc1ccc(C#N)o1. The molecule has 2 N–H and O–H groups in total. The third kappa shape index (κ3) is 4.13. The van der Waals surface area contributed by atoms with Gasteiger partial charge in [-0.05, 0) is 12.1 Å². The van der Waals surface area contributed by atoms with Gasteiger partial charge in [-0.1, -0.05) is 0 Å². The highest BCUT2D eigenvalue weighted by Crippen LogP contribution is 2.05. The van der Waals surface area contributed by atoms with Crippen molar-refractivity contribution in [2.75, 3.05) is 20.3 Å². The van der Waals surface area contributed by atoms with Crippen LogP contribution in [0.2, 0.25) is 0 Å². The van der Waals surface area contributed by atoms with Crippen LogP contribution in [0.25, 0.3) is 0 Å². The Morgan fingerprint density at radius 2 is 2.47 bits per heavy atom. The van der Waals surface area contributed by atoms with E-state index in [4.69, 9.17) is 14.4 Å². The minimum absolute atomic E-state index is 0.296. The van der Waals surface area contributed by atoms with E-state index in [1.54, 1.807) is 12.1 Å². The van der Waals surface area contributed by atoms with Gasteiger partial charge in [0.15, 0.2) is 0 Å². The molecule has 0 saturated carbocycles. The Bertz CT molecular complexity index is 330. The van der Waals surface area contributed by atoms with Crippen LogP contribution >= 0.6 is 0 Å². The van der Waals surface area contributed by atoms with Gasteiger partial charge in [0.05, 0.1) is 19.3 Å². The smallest absolute Gasteiger partial charge is 0.203 e. The normalized spacial score (nSPS) is 12.3. The molecule has 0 spiro atoms. The number of aliphatic hydroxyl groups excluding tert-OH is 1. The van der Waals surface area contributed by atoms with Crippen LogP contribution in [0.4, 0.5) is 0 Å². The van der Waals surface area contributed by atoms with Crippen molar-refractivity contribution in [2.45, 2.75) is 12.6 Å². The first-order chi connectivity index (χ1) is 7.26. The molecule has 5 heteroatoms. The highest BCUT2D eigenvalue weighted by atomic mass is 16.5. The molecule has 0 bridgehead atoms. The Balaban J connectivity index is 2.23. The zero-order valence-electron chi connectivity index (χ0n) is 8.56. The van der Waals surface area contributed by atoms with E-state index in [-0.39, 0.29) is 0 Å². The summed E-state index contributed by atoms with van der Waals surface area (Å²) in [7, 11) is 1.54. The van der Waals surface area contributed by atoms with E-state index in [0.717, 1.165) is 0 Å². The molecule has 0 saturated heterocycles. The summed E-state index contributed by atoms with van der Waals surface area (Å²) in [4.78, 5) is 0. The number of nitriles is 1. The predicted molar refractivity (Wildman–Crippen MR) is 53.0 cm³/mol. The Morgan fingerprint density at radius 1 is 1.67 bits per heavy atom. The van der Waals surface area contributed by atoms with Crippen molar-refractivity contribution in [3.8, 4) is 6.07 Å². The van der Waals surface area contributed by atoms with Crippen molar-refractivity contribution in [1.29, 1.82) is 5.26 Å². The molecule has 1 unspecified atom stereocenters. The molecule has 0 amide bonds. The van der Waals surface area contributed by atoms with Crippen LogP contribution in [0, 0.1) is 11.3 Å². The number of ether oxygens (including phenoxy) is 1. The molecule has 0 fully saturated rings. The topological polar surface area (TPSA) is 78.4 Å². The van der Waals surface area contributed by atoms with Crippen molar-refractivity contribution < 1.29 is 14.3 Å². The van der Waals surface area contributed by atoms with Gasteiger partial charge in [0.25, 0.3) is 0 Å². The van der Waals surface area contributed by atoms with E-state index in [1.165, 1.54) is 7.11 Å². The largest absolute Gasteiger partial charge is 0.449 e. The van der Waals surface area contributed by atoms with Gasteiger partial charge in [0.2, 0.25) is 5.76 Å². The minimum Gasteiger partial charge on any atom is -0.449 e. The summed E-state index contributed by atoms with van der Waals surface area (Å²) in [5.41, 5.74) is 0. The molecule has 82 valence electrons. The molecule has 0 aliphatic carbocycles. The van der Waals surface area contributed by atoms with Crippen LogP contribution < -0.4 is 5.32 Å². The van der Waals surface area contributed by atoms with Gasteiger partial charge < -0.3 is 19.6 Å². The molecule has 15 heavy (non-hydrogen) atoms. The fourth-order valence-corrected chi connectivity index (χ4v) is 1.15. The number of hydrogen-bond acceptors (Lipinski definition) is 5. The second-order valence-electron chi connectivity index (χ2n) is 3.12. The monoisotopic (exact) mass is 210 g/mol. The van der Waals surface area contributed by atoms with Gasteiger partial charge in [-0.2, -0.15) is 5.26 Å². The lowest BCUT2D eigenvalue weighted by Gasteiger charge is -2.09. The maximum atomic E-state index is 9.31. The summed E-state index contributed by atoms with van der Waals surface area (Å²) in [5.74, 6) is 0.973. The molecule has 1 aromatic rings. The number of rotatable bonds is 6. The van der Waals surface area contributed by atoms with Crippen molar-refractivity contribution in [3.05, 3.63) is 23.7 Å². The van der Waals surface area contributed by atoms with Crippen molar-refractivity contribution in [2.24, 2.45) is 0 Å². The first-order valence-corrected chi connectivity index (χ1v) is 4.62. The van der Waals surface area contributed by atoms with Gasteiger partial charge >= 0.3 is 0 Å². The molecular weight excluding hydrogens is 196 g/mol. The first-order valence-electron chi connectivity index (χ1n) is 4.62. The Morgan fingerprint density at radius 3 is 3.07 bits per heavy atom. The van der Waals surface area contributed by atoms with Gasteiger partial charge in [-0.15, -0.1) is 0 Å². The molecule has 5 nitrogen and oxygen atoms in total. The third-order valence-corrected chi connectivity index (χ3v) is 1.81. The van der Waals surface area contributed by atoms with Gasteiger partial charge in [-0.3, -0.25) is 0 Å². The molecule has 1 atom stereocenters. The third-order valence-electron chi connectivity index (χ3n) is 1.81. The van der Waals surface area contributed by atoms with Crippen LogP contribution in [0.5, 0.6) is 0 Å². The molecule has 0 aromatic carbocycles. The number of hydrogen-bond donors (Lipinski definition) is 2. The molecule has 0 aliphatic heterocycles. The summed E-state index contributed by atoms with van der Waals surface area (Å²) in [6.07, 6.45) is -0.527. The molecule has 0 aliphatic rings. The second-order valence-corrected chi connectivity index (χ2v) is 3.12. The van der Waals surface area contributed by atoms with Crippen LogP contribution in [0.3, 0.4) is 0 Å². The summed E-state index contributed by atoms with van der Waals surface area (Å²) in [5, 5.41) is 20.8. The van der Waals surface area contributed by atoms with E-state index in [1.807, 2.05) is 6.07 Å². The van der Waals surface area contributed by atoms with Crippen LogP contribution in [-0.2, 0) is 11.3 Å². The minimum atomic E-state index is -0.527. The maximum absolute atomic E-state index is 9.31. The Labute approximate surface area is 88.3 Å². The summed E-state index contributed by atoms with van der Waals surface area (Å²) < 4.78 is 9.91. The maximum Gasteiger partial charge on any atom is 0.203 e. The molecule has 1 rings (SSSR count). The van der Waals surface area contributed by atoms with Gasteiger partial charge in [0.1, 0.15) is 11.8 Å². The number of methoxy groups -OCH3 is 1. The lowest BCUT2D eigenvalue weighted by Crippen LogP contribution is -2.29. The zero-order chi connectivity index (χ0) is 11.1. The van der Waals surface area contributed by atoms with Gasteiger partial charge in [-0.25, -0.2) is 0 Å². The number of furan rings is 1. The number of nitrogens with zero attached hydrogens (tertiary/aromatic N) is 1. The van der Waals surface area contributed by atoms with Crippen molar-refractivity contribution >= 4 is 0 Å². The van der Waals surface area contributed by atoms with Crippen molar-refractivity contribution in [1.82, 2.24) is 5.32 Å². The van der Waals surface area contributed by atoms with E-state index < -0.39 is 6.10 Å². The predicted octanol–water partition coefficient (Wildman–Crippen LogP) is 0.248. The average Bonchev–Trinajstić information content (AvgIpc) is 2.66. The summed E-state index contributed by atoms with van der Waals surface area (Å²) >= 11 is 0. The standard InChI is InChI=1S/C10H14N2O3/c1-14-7-8(13)5-12-6-10-3-2-9(4-11)15-10/h2-3,8,12-13H,5-7H2,1H3. The molecule has 0 radical (unpaired) electrons. The number of aliphatic hydroxyl groups is 1. The average molecular weight is 210 g/mol. The summed E-state index contributed by atoms with van der Waals surface area (Å²) in [6, 6.07) is 5.25. The first kappa shape index (κ1) is 11.7. The van der Waals surface area contributed by atoms with E-state index in [9.17, 15) is 5.11 Å². The van der Waals surface area contributed by atoms with Crippen LogP contribution in [0.1, 0.15) is 11.5 Å². The lowest BCUT2D eigenvalue weighted by molar-refractivity contribution is 0.0641. The van der Waals surface area contributed by atoms with E-state index >= 15 is 0 Å². The fraction of sp³-hybridized carbons (Fsp3) is 0.500. The molecule has 1 heterocycles. The van der Waals surface area contributed by atoms with Gasteiger partial charge in [0, 0.05) is 13.7 Å². The van der Waals surface area contributed by atoms with Crippen LogP contribution in [-0.4, -0.2) is 31.5 Å². The Kier molecular flexibility index (Phi) is 4.84. The molecule has 1 aromatic heterocycles. The quantitative estimate of drug-likeness (QED) is 0.703. The highest BCUT2D eigenvalue weighted by molar-refractivity contribution is 5.18. The van der Waals surface area contributed by atoms with Crippen LogP contribution in [0.15, 0.2) is 16.5 Å². The Hall–Kier alpha value is -1.35. The molecular formula is C10H14N2O3. The van der Waals surface area contributed by atoms with Crippen molar-refractivity contribution in [3.63, 3.8) is 0 Å². The van der Waals surface area contributed by atoms with E-state index in [0.29, 0.717) is 31.2 Å². The van der Waals surface area contributed by atoms with E-state index in [2.05, 4.69) is 5.32 Å². The second kappa shape index (κ2) is 6.19.